The first kappa shape index (κ1) is 10.8. The normalized spacial score (nSPS) is 15.1. The predicted octanol–water partition coefficient (Wildman–Crippen LogP) is 2.66. The highest BCUT2D eigenvalue weighted by Crippen LogP contribution is 2.30. The van der Waals surface area contributed by atoms with Crippen molar-refractivity contribution in [3.05, 3.63) is 23.4 Å². The summed E-state index contributed by atoms with van der Waals surface area (Å²) in [5.74, 6) is 1.52. The molecule has 0 atom stereocenters. The van der Waals surface area contributed by atoms with E-state index in [4.69, 9.17) is 9.15 Å². The van der Waals surface area contributed by atoms with Crippen molar-refractivity contribution in [2.75, 3.05) is 7.11 Å². The molecule has 17 heavy (non-hydrogen) atoms. The summed E-state index contributed by atoms with van der Waals surface area (Å²) in [6.07, 6.45) is 4.29. The van der Waals surface area contributed by atoms with E-state index >= 15 is 0 Å². The summed E-state index contributed by atoms with van der Waals surface area (Å²) < 4.78 is 10.6. The maximum Gasteiger partial charge on any atom is 0.236 e. The third-order valence-electron chi connectivity index (χ3n) is 2.72. The van der Waals surface area contributed by atoms with Crippen molar-refractivity contribution in [3.63, 3.8) is 0 Å². The van der Waals surface area contributed by atoms with Crippen LogP contribution in [0.15, 0.2) is 22.1 Å². The number of aromatic nitrogens is 1. The molecule has 0 unspecified atom stereocenters. The Morgan fingerprint density at radius 1 is 1.59 bits per heavy atom. The molecule has 1 fully saturated rings. The Bertz CT molecular complexity index is 502. The molecule has 0 saturated heterocycles. The van der Waals surface area contributed by atoms with Gasteiger partial charge in [-0.05, 0) is 12.8 Å². The van der Waals surface area contributed by atoms with E-state index in [1.54, 1.807) is 24.7 Å². The molecule has 0 aliphatic heterocycles. The van der Waals surface area contributed by atoms with Crippen LogP contribution in [0.5, 0.6) is 5.75 Å². The summed E-state index contributed by atoms with van der Waals surface area (Å²) in [6, 6.07) is 2.63. The molecule has 1 N–H and O–H groups in total. The topological polar surface area (TPSA) is 47.3 Å². The van der Waals surface area contributed by atoms with Crippen LogP contribution in [0.4, 0.5) is 0 Å². The lowest BCUT2D eigenvalue weighted by Crippen LogP contribution is -2.15. The quantitative estimate of drug-likeness (QED) is 0.886. The summed E-state index contributed by atoms with van der Waals surface area (Å²) in [5, 5.41) is 5.36. The first-order valence-corrected chi connectivity index (χ1v) is 6.54. The molecule has 5 heteroatoms. The average Bonchev–Trinajstić information content (AvgIpc) is 2.89. The molecule has 3 rings (SSSR count). The van der Waals surface area contributed by atoms with Crippen molar-refractivity contribution >= 4 is 11.3 Å². The molecule has 2 aromatic heterocycles. The minimum Gasteiger partial charge on any atom is -0.496 e. The molecule has 2 aromatic rings. The molecule has 4 nitrogen and oxygen atoms in total. The molecule has 2 heterocycles. The zero-order chi connectivity index (χ0) is 11.7. The highest BCUT2D eigenvalue weighted by molar-refractivity contribution is 7.13. The second kappa shape index (κ2) is 4.50. The Balaban J connectivity index is 1.69. The SMILES string of the molecule is COc1csc(-c2nc(CNC3CC3)co2)c1. The van der Waals surface area contributed by atoms with E-state index in [9.17, 15) is 0 Å². The van der Waals surface area contributed by atoms with Crippen molar-refractivity contribution in [1.29, 1.82) is 0 Å². The van der Waals surface area contributed by atoms with Crippen molar-refractivity contribution in [2.24, 2.45) is 0 Å². The fourth-order valence-corrected chi connectivity index (χ4v) is 2.36. The number of nitrogens with one attached hydrogen (secondary N) is 1. The van der Waals surface area contributed by atoms with Gasteiger partial charge in [0.2, 0.25) is 5.89 Å². The van der Waals surface area contributed by atoms with Crippen LogP contribution in [0.2, 0.25) is 0 Å². The van der Waals surface area contributed by atoms with Crippen LogP contribution in [0, 0.1) is 0 Å². The number of rotatable bonds is 5. The predicted molar refractivity (Wildman–Crippen MR) is 66.2 cm³/mol. The molecule has 1 aliphatic rings. The van der Waals surface area contributed by atoms with Gasteiger partial charge in [0.05, 0.1) is 17.7 Å². The van der Waals surface area contributed by atoms with Gasteiger partial charge >= 0.3 is 0 Å². The van der Waals surface area contributed by atoms with E-state index < -0.39 is 0 Å². The van der Waals surface area contributed by atoms with Crippen molar-refractivity contribution in [3.8, 4) is 16.5 Å². The zero-order valence-corrected chi connectivity index (χ0v) is 10.4. The van der Waals surface area contributed by atoms with Crippen LogP contribution in [0.25, 0.3) is 10.8 Å². The summed E-state index contributed by atoms with van der Waals surface area (Å²) in [4.78, 5) is 5.45. The van der Waals surface area contributed by atoms with E-state index in [0.29, 0.717) is 11.9 Å². The number of ether oxygens (including phenoxy) is 1. The first-order valence-electron chi connectivity index (χ1n) is 5.66. The fourth-order valence-electron chi connectivity index (χ4n) is 1.58. The maximum atomic E-state index is 5.46. The maximum absolute atomic E-state index is 5.46. The molecular weight excluding hydrogens is 236 g/mol. The molecule has 0 aromatic carbocycles. The number of hydrogen-bond acceptors (Lipinski definition) is 5. The first-order chi connectivity index (χ1) is 8.35. The number of methoxy groups -OCH3 is 1. The van der Waals surface area contributed by atoms with E-state index in [0.717, 1.165) is 22.9 Å². The van der Waals surface area contributed by atoms with E-state index in [-0.39, 0.29) is 0 Å². The summed E-state index contributed by atoms with van der Waals surface area (Å²) in [5.41, 5.74) is 0.958. The van der Waals surface area contributed by atoms with E-state index in [1.807, 2.05) is 11.4 Å². The average molecular weight is 250 g/mol. The Hall–Kier alpha value is -1.33. The summed E-state index contributed by atoms with van der Waals surface area (Å²) in [7, 11) is 1.66. The van der Waals surface area contributed by atoms with Gasteiger partial charge in [-0.25, -0.2) is 4.98 Å². The van der Waals surface area contributed by atoms with Crippen LogP contribution in [-0.2, 0) is 6.54 Å². The van der Waals surface area contributed by atoms with E-state index in [2.05, 4.69) is 10.3 Å². The monoisotopic (exact) mass is 250 g/mol. The summed E-state index contributed by atoms with van der Waals surface area (Å²) in [6.45, 7) is 0.788. The van der Waals surface area contributed by atoms with Crippen molar-refractivity contribution < 1.29 is 9.15 Å². The van der Waals surface area contributed by atoms with Crippen LogP contribution in [-0.4, -0.2) is 18.1 Å². The lowest BCUT2D eigenvalue weighted by Gasteiger charge is -1.95. The van der Waals surface area contributed by atoms with Gasteiger partial charge in [-0.15, -0.1) is 11.3 Å². The van der Waals surface area contributed by atoms with Crippen LogP contribution in [0.3, 0.4) is 0 Å². The Morgan fingerprint density at radius 3 is 3.18 bits per heavy atom. The molecule has 0 bridgehead atoms. The highest BCUT2D eigenvalue weighted by atomic mass is 32.1. The second-order valence-electron chi connectivity index (χ2n) is 4.15. The molecular formula is C12H14N2O2S. The Labute approximate surface area is 104 Å². The minimum absolute atomic E-state index is 0.672. The third kappa shape index (κ3) is 2.50. The molecule has 0 radical (unpaired) electrons. The number of thiophene rings is 1. The van der Waals surface area contributed by atoms with Crippen LogP contribution < -0.4 is 10.1 Å². The van der Waals surface area contributed by atoms with Gasteiger partial charge in [-0.2, -0.15) is 0 Å². The smallest absolute Gasteiger partial charge is 0.236 e. The third-order valence-corrected chi connectivity index (χ3v) is 3.62. The summed E-state index contributed by atoms with van der Waals surface area (Å²) >= 11 is 1.58. The molecule has 1 aliphatic carbocycles. The zero-order valence-electron chi connectivity index (χ0n) is 9.60. The Kier molecular flexibility index (Phi) is 2.86. The van der Waals surface area contributed by atoms with E-state index in [1.165, 1.54) is 12.8 Å². The van der Waals surface area contributed by atoms with Gasteiger partial charge in [0.25, 0.3) is 0 Å². The van der Waals surface area contributed by atoms with Crippen LogP contribution in [0.1, 0.15) is 18.5 Å². The Morgan fingerprint density at radius 2 is 2.47 bits per heavy atom. The lowest BCUT2D eigenvalue weighted by molar-refractivity contribution is 0.416. The highest BCUT2D eigenvalue weighted by Gasteiger charge is 2.20. The van der Waals surface area contributed by atoms with Crippen molar-refractivity contribution in [1.82, 2.24) is 10.3 Å². The van der Waals surface area contributed by atoms with Gasteiger partial charge in [0.15, 0.2) is 0 Å². The lowest BCUT2D eigenvalue weighted by atomic mass is 10.4. The molecule has 0 spiro atoms. The molecule has 1 saturated carbocycles. The number of oxazole rings is 1. The molecule has 0 amide bonds. The van der Waals surface area contributed by atoms with Gasteiger partial charge in [0, 0.05) is 24.0 Å². The van der Waals surface area contributed by atoms with Crippen LogP contribution >= 0.6 is 11.3 Å². The van der Waals surface area contributed by atoms with Crippen molar-refractivity contribution in [2.45, 2.75) is 25.4 Å². The van der Waals surface area contributed by atoms with Gasteiger partial charge < -0.3 is 14.5 Å². The van der Waals surface area contributed by atoms with Gasteiger partial charge in [-0.3, -0.25) is 0 Å². The molecule has 90 valence electrons. The number of hydrogen-bond donors (Lipinski definition) is 1. The minimum atomic E-state index is 0.672. The number of nitrogens with zero attached hydrogens (tertiary/aromatic N) is 1. The largest absolute Gasteiger partial charge is 0.496 e. The second-order valence-corrected chi connectivity index (χ2v) is 5.06. The fraction of sp³-hybridized carbons (Fsp3) is 0.417. The van der Waals surface area contributed by atoms with Gasteiger partial charge in [0.1, 0.15) is 12.0 Å². The standard InChI is InChI=1S/C12H14N2O2S/c1-15-10-4-11(17-7-10)12-14-9(6-16-12)5-13-8-2-3-8/h4,6-8,13H,2-3,5H2,1H3. The van der Waals surface area contributed by atoms with Gasteiger partial charge in [-0.1, -0.05) is 0 Å².